The number of carbonyl (C=O) groups excluding carboxylic acids is 15. The van der Waals surface area contributed by atoms with Gasteiger partial charge in [0.1, 0.15) is 48.9 Å². The van der Waals surface area contributed by atoms with Crippen LogP contribution in [0.3, 0.4) is 0 Å². The lowest BCUT2D eigenvalue weighted by Crippen LogP contribution is -2.58. The summed E-state index contributed by atoms with van der Waals surface area (Å²) in [5.41, 5.74) is 11.7. The number of benzene rings is 1. The molecular weight excluding hydrogens is 1710 g/mol. The molecule has 129 heavy (non-hydrogen) atoms. The minimum atomic E-state index is -2.16. The summed E-state index contributed by atoms with van der Waals surface area (Å²) in [6, 6.07) is -12.9. The van der Waals surface area contributed by atoms with E-state index in [0.29, 0.717) is 18.4 Å². The molecule has 25 N–H and O–H groups in total. The van der Waals surface area contributed by atoms with Crippen LogP contribution in [0.5, 0.6) is 0 Å². The summed E-state index contributed by atoms with van der Waals surface area (Å²) >= 11 is 0. The predicted octanol–water partition coefficient (Wildman–Crippen LogP) is -3.92. The van der Waals surface area contributed by atoms with Gasteiger partial charge in [-0.15, -0.1) is 0 Å². The van der Waals surface area contributed by atoms with E-state index in [9.17, 15) is 156 Å². The van der Waals surface area contributed by atoms with E-state index >= 15 is 0 Å². The first-order valence-electron chi connectivity index (χ1n) is 41.3. The molecule has 0 bridgehead atoms. The van der Waals surface area contributed by atoms with Crippen LogP contribution in [0.4, 0.5) is 0 Å². The number of nitrogens with one attached hydrogen (secondary N) is 12. The van der Waals surface area contributed by atoms with Gasteiger partial charge in [-0.05, 0) is 115 Å². The molecule has 1 fully saturated rings. The fraction of sp³-hybridized carbons (Fsp3) is 0.613. The number of likely N-dealkylation sites (tertiary alicyclic amines) is 1. The second kappa shape index (κ2) is 58.0. The number of carboxylic acid groups (broad SMARTS) is 9. The zero-order valence-electron chi connectivity index (χ0n) is 71.6. The molecule has 0 spiro atoms. The summed E-state index contributed by atoms with van der Waals surface area (Å²) in [5.74, 6) is -34.0. The third-order valence-corrected chi connectivity index (χ3v) is 20.1. The molecule has 1 heterocycles. The molecule has 0 radical (unpaired) electrons. The summed E-state index contributed by atoms with van der Waals surface area (Å²) in [7, 11) is 0. The number of nitrogens with zero attached hydrogens (tertiary/aromatic N) is 1. The highest BCUT2D eigenvalue weighted by Crippen LogP contribution is 2.24. The Bertz CT molecular complexity index is 4200. The fourth-order valence-corrected chi connectivity index (χ4v) is 13.1. The Morgan fingerprint density at radius 2 is 0.798 bits per heavy atom. The number of carboxylic acids is 9. The van der Waals surface area contributed by atoms with Crippen molar-refractivity contribution in [2.45, 2.75) is 261 Å². The van der Waals surface area contributed by atoms with Crippen molar-refractivity contribution < 1.29 is 166 Å². The number of hydrogen-bond donors (Lipinski definition) is 23. The minimum absolute atomic E-state index is 0.0180. The van der Waals surface area contributed by atoms with Crippen LogP contribution in [0.15, 0.2) is 24.3 Å². The van der Waals surface area contributed by atoms with Gasteiger partial charge in [0.05, 0.1) is 30.8 Å². The highest BCUT2D eigenvalue weighted by molar-refractivity contribution is 6.01. The van der Waals surface area contributed by atoms with E-state index in [1.807, 2.05) is 13.8 Å². The normalized spacial score (nSPS) is 15.0. The van der Waals surface area contributed by atoms with E-state index in [1.54, 1.807) is 0 Å². The van der Waals surface area contributed by atoms with E-state index in [-0.39, 0.29) is 61.4 Å². The van der Waals surface area contributed by atoms with Crippen LogP contribution in [-0.4, -0.2) is 298 Å². The molecule has 13 atom stereocenters. The number of ether oxygens (including phenoxy) is 1. The summed E-state index contributed by atoms with van der Waals surface area (Å²) in [6.45, 7) is 5.01. The van der Waals surface area contributed by atoms with Crippen LogP contribution in [-0.2, 0) is 121 Å². The molecule has 1 aliphatic heterocycles. The molecule has 11 amide bonds. The van der Waals surface area contributed by atoms with Crippen molar-refractivity contribution in [3.63, 3.8) is 0 Å². The lowest BCUT2D eigenvalue weighted by atomic mass is 9.91. The molecule has 2 rings (SSSR count). The molecule has 49 nitrogen and oxygen atoms in total. The molecule has 0 saturated carbocycles. The zero-order chi connectivity index (χ0) is 97.5. The second-order valence-electron chi connectivity index (χ2n) is 31.1. The van der Waals surface area contributed by atoms with E-state index in [4.69, 9.17) is 26.7 Å². The highest BCUT2D eigenvalue weighted by Gasteiger charge is 2.41. The number of guanidine groups is 1. The zero-order valence-corrected chi connectivity index (χ0v) is 71.6. The number of carbonyl (C=O) groups is 24. The van der Waals surface area contributed by atoms with Crippen molar-refractivity contribution in [3.8, 4) is 0 Å². The SMILES string of the molecule is CC(=O)c1ccc(C[C@@H](NC(=O)[C@@H](CCC(=O)O)NC(=O)[C@@H](CCC(=O)O)NC(=O)[C@@H](CCC(=O)O)CC(=O)[C@@H](CCC(=O)O)NC(=O)[C@@H](CCC(=O)O)NC(=O)[C@@H](CCC(=O)O)NC(=O)[C@@H](CCC(=O)O)CC(=O)[C@@H](CCC(=O)O)NC(=O)[C@H](N)CCC(=O)O)C(=O)NCCOCC(=O)N[C@@H](CCCNC(=N)N)C(=O)N2CCCC2C(=O)N[C@@H](CC(C)C)C(C)=O)cc1. The van der Waals surface area contributed by atoms with Crippen LogP contribution >= 0.6 is 0 Å². The number of nitrogens with two attached hydrogens (primary N) is 2. The van der Waals surface area contributed by atoms with Gasteiger partial charge in [0.15, 0.2) is 29.1 Å². The van der Waals surface area contributed by atoms with Crippen LogP contribution < -0.4 is 70.0 Å². The average molecular weight is 1830 g/mol. The number of ketones is 4. The maximum Gasteiger partial charge on any atom is 0.303 e. The van der Waals surface area contributed by atoms with E-state index in [2.05, 4.69) is 58.5 Å². The van der Waals surface area contributed by atoms with Gasteiger partial charge < -0.3 is 126 Å². The molecule has 1 aromatic rings. The molecule has 0 aromatic heterocycles. The first-order chi connectivity index (χ1) is 60.5. The number of hydrogen-bond acceptors (Lipinski definition) is 27. The number of aliphatic carboxylic acids is 9. The van der Waals surface area contributed by atoms with Crippen molar-refractivity contribution >= 4 is 148 Å². The molecule has 1 aliphatic rings. The Hall–Kier alpha value is -13.5. The number of amides is 11. The van der Waals surface area contributed by atoms with Crippen molar-refractivity contribution in [3.05, 3.63) is 35.4 Å². The maximum atomic E-state index is 14.5. The van der Waals surface area contributed by atoms with Crippen LogP contribution in [0.1, 0.15) is 204 Å². The Morgan fingerprint density at radius 3 is 1.19 bits per heavy atom. The van der Waals surface area contributed by atoms with Crippen molar-refractivity contribution in [2.75, 3.05) is 32.8 Å². The van der Waals surface area contributed by atoms with Gasteiger partial charge in [-0.25, -0.2) is 0 Å². The quantitative estimate of drug-likeness (QED) is 0.0128. The van der Waals surface area contributed by atoms with Gasteiger partial charge in [-0.3, -0.25) is 120 Å². The first kappa shape index (κ1) is 112. The number of rotatable bonds is 67. The van der Waals surface area contributed by atoms with Gasteiger partial charge in [0, 0.05) is 114 Å². The van der Waals surface area contributed by atoms with Gasteiger partial charge in [-0.1, -0.05) is 38.1 Å². The van der Waals surface area contributed by atoms with Gasteiger partial charge in [0.25, 0.3) is 0 Å². The summed E-state index contributed by atoms with van der Waals surface area (Å²) in [6.07, 6.45) is -16.7. The lowest BCUT2D eigenvalue weighted by molar-refractivity contribution is -0.142. The second-order valence-corrected chi connectivity index (χ2v) is 31.1. The summed E-state index contributed by atoms with van der Waals surface area (Å²) in [4.78, 5) is 316. The van der Waals surface area contributed by atoms with Gasteiger partial charge in [-0.2, -0.15) is 0 Å². The summed E-state index contributed by atoms with van der Waals surface area (Å²) < 4.78 is 5.55. The topological polar surface area (TPSA) is 812 Å². The molecule has 1 saturated heterocycles. The molecule has 716 valence electrons. The fourth-order valence-electron chi connectivity index (χ4n) is 13.1. The molecule has 1 aromatic carbocycles. The standard InChI is InChI=1S/C80H117N15O34/c1-40(2)35-55(42(4)97)93-78(127)57-8-6-33-95(57)79(128)54(7-5-31-85-80(82)83)86-60(100)39-129-34-32-84-73(122)56(36-43-9-11-44(12-10-43)41(3)96)94-77(126)53(21-30-69(117)118)92-76(125)51(19-28-67(113)114)90-71(120)46(14-23-62(103)104)38-59(99)49(17-26-65(109)110)88-74(123)52(20-29-68(115)116)91-75(124)50(18-27-66(111)112)89-70(119)45(13-22-61(101)102)37-58(98)48(16-25-64(107)108)87-72(121)47(81)15-24-63(105)106/h9-12,40,45-57H,5-8,13-39,81H2,1-4H3,(H,84,122)(H,86,100)(H,87,121)(H,88,123)(H,89,119)(H,90,120)(H,91,124)(H,92,125)(H,93,127)(H,94,126)(H,101,102)(H,103,104)(H,105,106)(H,107,108)(H,109,110)(H,111,112)(H,113,114)(H,115,116)(H,117,118)(H4,82,83,85)/t45-,46-,47+,48+,49+,50+,51+,52+,53+,54-,55-,56+,57?/m0/s1. The molecular formula is C80H117N15O34. The van der Waals surface area contributed by atoms with E-state index in [0.717, 1.165) is 0 Å². The molecule has 0 aliphatic carbocycles. The van der Waals surface area contributed by atoms with Crippen LogP contribution in [0, 0.1) is 23.2 Å². The van der Waals surface area contributed by atoms with E-state index in [1.165, 1.54) is 43.0 Å². The summed E-state index contributed by atoms with van der Waals surface area (Å²) in [5, 5.41) is 120. The monoisotopic (exact) mass is 1830 g/mol. The molecule has 1 unspecified atom stereocenters. The first-order valence-corrected chi connectivity index (χ1v) is 41.3. The van der Waals surface area contributed by atoms with Crippen LogP contribution in [0.2, 0.25) is 0 Å². The molecule has 49 heteroatoms. The van der Waals surface area contributed by atoms with E-state index < -0.39 is 363 Å². The third-order valence-electron chi connectivity index (χ3n) is 20.1. The average Bonchev–Trinajstić information content (AvgIpc) is 1.70. The van der Waals surface area contributed by atoms with Gasteiger partial charge >= 0.3 is 53.7 Å². The predicted molar refractivity (Wildman–Crippen MR) is 441 cm³/mol. The Kier molecular flexibility index (Phi) is 50.1. The Balaban J connectivity index is 2.58. The Morgan fingerprint density at radius 1 is 0.426 bits per heavy atom. The largest absolute Gasteiger partial charge is 0.481 e. The minimum Gasteiger partial charge on any atom is -0.481 e. The van der Waals surface area contributed by atoms with Crippen molar-refractivity contribution in [1.82, 2.24) is 63.4 Å². The van der Waals surface area contributed by atoms with Gasteiger partial charge in [0.2, 0.25) is 65.0 Å². The van der Waals surface area contributed by atoms with Crippen LogP contribution in [0.25, 0.3) is 0 Å². The van der Waals surface area contributed by atoms with Crippen molar-refractivity contribution in [1.29, 1.82) is 5.41 Å². The smallest absolute Gasteiger partial charge is 0.303 e. The number of Topliss-reactive ketones (excluding diaryl/α,β-unsaturated/α-hetero) is 4. The maximum absolute atomic E-state index is 14.5. The third kappa shape index (κ3) is 45.5. The highest BCUT2D eigenvalue weighted by atomic mass is 16.5. The Labute approximate surface area is 738 Å². The van der Waals surface area contributed by atoms with Crippen molar-refractivity contribution in [2.24, 2.45) is 29.2 Å². The lowest BCUT2D eigenvalue weighted by Gasteiger charge is -2.30.